The van der Waals surface area contributed by atoms with Gasteiger partial charge in [0.2, 0.25) is 11.7 Å². The Bertz CT molecular complexity index is 1330. The monoisotopic (exact) mass is 530 g/mol. The number of aromatic hydroxyl groups is 1. The zero-order valence-electron chi connectivity index (χ0n) is 21.3. The third-order valence-electron chi connectivity index (χ3n) is 7.43. The average molecular weight is 531 g/mol. The molecule has 38 heavy (non-hydrogen) atoms. The van der Waals surface area contributed by atoms with Crippen LogP contribution >= 0.6 is 0 Å². The van der Waals surface area contributed by atoms with E-state index in [0.717, 1.165) is 0 Å². The molecule has 0 fully saturated rings. The smallest absolute Gasteiger partial charge is 0.255 e. The van der Waals surface area contributed by atoms with Gasteiger partial charge in [-0.05, 0) is 39.9 Å². The second-order valence-electron chi connectivity index (χ2n) is 9.94. The predicted molar refractivity (Wildman–Crippen MR) is 133 cm³/mol. The van der Waals surface area contributed by atoms with E-state index in [9.17, 15) is 39.6 Å². The van der Waals surface area contributed by atoms with Gasteiger partial charge in [-0.2, -0.15) is 0 Å². The number of Topliss-reactive ketones (excluding diaryl/α,β-unsaturated/α-hetero) is 2. The maximum Gasteiger partial charge on any atom is 0.255 e. The topological polar surface area (TPSA) is 212 Å². The van der Waals surface area contributed by atoms with Crippen LogP contribution in [-0.2, 0) is 20.8 Å². The normalized spacial score (nSPS) is 26.6. The van der Waals surface area contributed by atoms with Gasteiger partial charge in [0.05, 0.1) is 30.9 Å². The fourth-order valence-electron chi connectivity index (χ4n) is 5.80. The molecule has 4 atom stereocenters. The lowest BCUT2D eigenvalue weighted by molar-refractivity contribution is -0.146. The highest BCUT2D eigenvalue weighted by Crippen LogP contribution is 2.53. The zero-order chi connectivity index (χ0) is 28.3. The molecule has 0 unspecified atom stereocenters. The molecule has 3 aliphatic rings. The minimum absolute atomic E-state index is 0.00742. The molecule has 0 spiro atoms. The number of amides is 2. The standard InChI is InChI=1S/C25H30N4O9/c1-27-18-11-6-9-5-10-13(38-4)7-12(28-14(30)8-29(2)3)19(31)16(10)20(32)15(9)22(34)25(11,37)23(35)17(21(18)33)24(26)36/h7,9,11,18,27,31,33-34,37H,5-6,8H2,1-4H3,(H2,26,36)(H,28,30)/t9-,11-,18-,25-/m0/s1. The number of ketones is 2. The van der Waals surface area contributed by atoms with Crippen LogP contribution in [0.2, 0.25) is 0 Å². The van der Waals surface area contributed by atoms with Gasteiger partial charge in [0.15, 0.2) is 17.1 Å². The van der Waals surface area contributed by atoms with Crippen LogP contribution < -0.4 is 21.1 Å². The Labute approximate surface area is 217 Å². The first-order valence-electron chi connectivity index (χ1n) is 11.8. The Hall–Kier alpha value is -3.94. The number of hydrogen-bond donors (Lipinski definition) is 7. The van der Waals surface area contributed by atoms with E-state index >= 15 is 0 Å². The molecule has 0 saturated heterocycles. The zero-order valence-corrected chi connectivity index (χ0v) is 21.3. The maximum atomic E-state index is 13.8. The average Bonchev–Trinajstić information content (AvgIpc) is 2.82. The van der Waals surface area contributed by atoms with E-state index in [4.69, 9.17) is 10.5 Å². The molecule has 0 aliphatic heterocycles. The van der Waals surface area contributed by atoms with Gasteiger partial charge < -0.3 is 46.4 Å². The number of phenols is 1. The van der Waals surface area contributed by atoms with Gasteiger partial charge in [0, 0.05) is 23.1 Å². The number of anilines is 1. The number of aliphatic hydroxyl groups excluding tert-OH is 2. The van der Waals surface area contributed by atoms with Crippen LogP contribution in [0.5, 0.6) is 11.5 Å². The molecule has 1 aromatic rings. The molecule has 8 N–H and O–H groups in total. The van der Waals surface area contributed by atoms with E-state index in [2.05, 4.69) is 10.6 Å². The quantitative estimate of drug-likeness (QED) is 0.180. The first-order valence-corrected chi connectivity index (χ1v) is 11.8. The Kier molecular flexibility index (Phi) is 6.72. The summed E-state index contributed by atoms with van der Waals surface area (Å²) in [6.07, 6.45) is 0.00709. The number of benzene rings is 1. The van der Waals surface area contributed by atoms with Crippen LogP contribution in [0.3, 0.4) is 0 Å². The lowest BCUT2D eigenvalue weighted by atomic mass is 9.58. The third-order valence-corrected chi connectivity index (χ3v) is 7.43. The molecule has 4 rings (SSSR count). The Morgan fingerprint density at radius 1 is 1.24 bits per heavy atom. The maximum absolute atomic E-state index is 13.8. The number of methoxy groups -OCH3 is 1. The van der Waals surface area contributed by atoms with Crippen molar-refractivity contribution in [1.82, 2.24) is 10.2 Å². The van der Waals surface area contributed by atoms with Gasteiger partial charge in [-0.25, -0.2) is 0 Å². The first kappa shape index (κ1) is 27.1. The number of nitrogens with zero attached hydrogens (tertiary/aromatic N) is 1. The molecule has 3 aliphatic carbocycles. The van der Waals surface area contributed by atoms with E-state index in [-0.39, 0.29) is 42.0 Å². The summed E-state index contributed by atoms with van der Waals surface area (Å²) >= 11 is 0. The van der Waals surface area contributed by atoms with Crippen molar-refractivity contribution in [3.63, 3.8) is 0 Å². The summed E-state index contributed by atoms with van der Waals surface area (Å²) in [5.41, 5.74) is 1.31. The fraction of sp³-hybridized carbons (Fsp3) is 0.440. The molecular formula is C25H30N4O9. The highest BCUT2D eigenvalue weighted by molar-refractivity contribution is 6.25. The minimum atomic E-state index is -2.74. The molecule has 13 heteroatoms. The van der Waals surface area contributed by atoms with Crippen molar-refractivity contribution in [1.29, 1.82) is 0 Å². The molecule has 2 amide bonds. The summed E-state index contributed by atoms with van der Waals surface area (Å²) in [6.45, 7) is -0.00742. The number of ether oxygens (including phenoxy) is 1. The second-order valence-corrected chi connectivity index (χ2v) is 9.94. The van der Waals surface area contributed by atoms with Crippen molar-refractivity contribution in [2.24, 2.45) is 17.6 Å². The summed E-state index contributed by atoms with van der Waals surface area (Å²) < 4.78 is 5.45. The fourth-order valence-corrected chi connectivity index (χ4v) is 5.80. The van der Waals surface area contributed by atoms with Crippen LogP contribution in [0.4, 0.5) is 5.69 Å². The number of likely N-dealkylation sites (N-methyl/N-ethyl adjacent to an activating group) is 2. The van der Waals surface area contributed by atoms with Crippen LogP contribution in [-0.4, -0.2) is 95.1 Å². The van der Waals surface area contributed by atoms with Gasteiger partial charge >= 0.3 is 0 Å². The number of carbonyl (C=O) groups is 4. The van der Waals surface area contributed by atoms with Gasteiger partial charge in [-0.15, -0.1) is 0 Å². The molecule has 204 valence electrons. The summed E-state index contributed by atoms with van der Waals surface area (Å²) in [6, 6.07) is 0.252. The second kappa shape index (κ2) is 9.42. The number of aliphatic hydroxyl groups is 3. The predicted octanol–water partition coefficient (Wildman–Crippen LogP) is -0.713. The largest absolute Gasteiger partial charge is 0.510 e. The van der Waals surface area contributed by atoms with Crippen molar-refractivity contribution >= 4 is 29.1 Å². The lowest BCUT2D eigenvalue weighted by Crippen LogP contribution is -2.63. The van der Waals surface area contributed by atoms with Crippen molar-refractivity contribution in [3.8, 4) is 11.5 Å². The molecule has 0 bridgehead atoms. The Balaban J connectivity index is 1.89. The number of allylic oxidation sites excluding steroid dienone is 1. The van der Waals surface area contributed by atoms with E-state index in [1.54, 1.807) is 19.0 Å². The summed E-state index contributed by atoms with van der Waals surface area (Å²) in [5, 5.41) is 49.7. The number of hydrogen-bond acceptors (Lipinski definition) is 11. The molecule has 0 saturated carbocycles. The van der Waals surface area contributed by atoms with Crippen LogP contribution in [0, 0.1) is 11.8 Å². The first-order chi connectivity index (χ1) is 17.8. The number of nitrogens with one attached hydrogen (secondary N) is 2. The highest BCUT2D eigenvalue weighted by Gasteiger charge is 2.62. The molecule has 1 aromatic carbocycles. The van der Waals surface area contributed by atoms with Crippen molar-refractivity contribution in [2.75, 3.05) is 40.1 Å². The van der Waals surface area contributed by atoms with Crippen molar-refractivity contribution in [2.45, 2.75) is 24.5 Å². The van der Waals surface area contributed by atoms with E-state index in [0.29, 0.717) is 5.56 Å². The number of fused-ring (bicyclic) bond motifs is 3. The van der Waals surface area contributed by atoms with Gasteiger partial charge in [-0.1, -0.05) is 0 Å². The summed E-state index contributed by atoms with van der Waals surface area (Å²) in [5.74, 6) is -7.88. The van der Waals surface area contributed by atoms with Crippen molar-refractivity contribution in [3.05, 3.63) is 39.9 Å². The van der Waals surface area contributed by atoms with E-state index in [1.165, 1.54) is 20.2 Å². The van der Waals surface area contributed by atoms with Crippen LogP contribution in [0.15, 0.2) is 28.7 Å². The molecule has 13 nitrogen and oxygen atoms in total. The number of carbonyl (C=O) groups excluding carboxylic acids is 4. The molecule has 0 radical (unpaired) electrons. The minimum Gasteiger partial charge on any atom is -0.510 e. The van der Waals surface area contributed by atoms with Crippen molar-refractivity contribution < 1.29 is 44.3 Å². The number of rotatable bonds is 6. The lowest BCUT2D eigenvalue weighted by Gasteiger charge is -2.48. The number of nitrogens with two attached hydrogens (primary N) is 1. The Morgan fingerprint density at radius 3 is 2.45 bits per heavy atom. The van der Waals surface area contributed by atoms with Gasteiger partial charge in [0.25, 0.3) is 5.91 Å². The Morgan fingerprint density at radius 2 is 1.89 bits per heavy atom. The molecule has 0 aromatic heterocycles. The highest BCUT2D eigenvalue weighted by atomic mass is 16.5. The summed E-state index contributed by atoms with van der Waals surface area (Å²) in [7, 11) is 6.14. The van der Waals surface area contributed by atoms with E-state index in [1.807, 2.05) is 0 Å². The molecular weight excluding hydrogens is 500 g/mol. The number of primary amides is 1. The van der Waals surface area contributed by atoms with Gasteiger partial charge in [0.1, 0.15) is 22.8 Å². The summed E-state index contributed by atoms with van der Waals surface area (Å²) in [4.78, 5) is 52.9. The molecule has 0 heterocycles. The third kappa shape index (κ3) is 3.81. The van der Waals surface area contributed by atoms with Gasteiger partial charge in [-0.3, -0.25) is 19.2 Å². The SMILES string of the molecule is CN[C@@H]1C(O)=C(C(N)=O)C(=O)[C@@]2(O)C(O)=C3C(=O)c4c(O)c(NC(=O)CN(C)C)cc(OC)c4C[C@H]3C[C@@H]12. The number of phenolic OH excluding ortho intramolecular Hbond substituents is 1. The van der Waals surface area contributed by atoms with Crippen LogP contribution in [0.1, 0.15) is 22.3 Å². The van der Waals surface area contributed by atoms with Crippen LogP contribution in [0.25, 0.3) is 0 Å². The van der Waals surface area contributed by atoms with E-state index < -0.39 is 69.7 Å².